The van der Waals surface area contributed by atoms with Gasteiger partial charge in [0.2, 0.25) is 5.79 Å². The summed E-state index contributed by atoms with van der Waals surface area (Å²) in [6.07, 6.45) is 2.57. The summed E-state index contributed by atoms with van der Waals surface area (Å²) in [5.41, 5.74) is 0.639. The van der Waals surface area contributed by atoms with Gasteiger partial charge >= 0.3 is 0 Å². The van der Waals surface area contributed by atoms with Crippen LogP contribution in [0.2, 0.25) is 10.0 Å². The monoisotopic (exact) mass is 329 g/mol. The Morgan fingerprint density at radius 2 is 2.29 bits per heavy atom. The van der Waals surface area contributed by atoms with Gasteiger partial charge in [0, 0.05) is 10.6 Å². The summed E-state index contributed by atoms with van der Waals surface area (Å²) >= 11 is 12.2. The summed E-state index contributed by atoms with van der Waals surface area (Å²) in [6, 6.07) is 5.09. The predicted molar refractivity (Wildman–Crippen MR) is 76.1 cm³/mol. The first-order valence-electron chi connectivity index (χ1n) is 6.33. The molecular weight excluding hydrogens is 317 g/mol. The lowest BCUT2D eigenvalue weighted by atomic mass is 10.1. The smallest absolute Gasteiger partial charge is 0.217 e. The molecule has 21 heavy (non-hydrogen) atoms. The van der Waals surface area contributed by atoms with E-state index in [0.717, 1.165) is 0 Å². The first-order chi connectivity index (χ1) is 10.1. The SMILES string of the molecule is OC[C@H]1COC(Cn2cncn2)(c2ccc(Cl)cc2Cl)O1. The normalized spacial score (nSPS) is 25.4. The Labute approximate surface area is 131 Å². The van der Waals surface area contributed by atoms with Crippen LogP contribution in [-0.2, 0) is 21.8 Å². The molecule has 3 rings (SSSR count). The van der Waals surface area contributed by atoms with Crippen LogP contribution in [-0.4, -0.2) is 39.2 Å². The number of rotatable bonds is 4. The van der Waals surface area contributed by atoms with Crippen molar-refractivity contribution in [1.29, 1.82) is 0 Å². The summed E-state index contributed by atoms with van der Waals surface area (Å²) in [6.45, 7) is 0.402. The van der Waals surface area contributed by atoms with E-state index in [1.165, 1.54) is 6.33 Å². The number of nitrogens with zero attached hydrogens (tertiary/aromatic N) is 3. The highest BCUT2D eigenvalue weighted by Crippen LogP contribution is 2.40. The van der Waals surface area contributed by atoms with Crippen molar-refractivity contribution in [3.05, 3.63) is 46.5 Å². The van der Waals surface area contributed by atoms with Gasteiger partial charge in [-0.25, -0.2) is 9.67 Å². The fourth-order valence-corrected chi connectivity index (χ4v) is 2.84. The molecule has 0 radical (unpaired) electrons. The van der Waals surface area contributed by atoms with Crippen molar-refractivity contribution in [2.24, 2.45) is 0 Å². The summed E-state index contributed by atoms with van der Waals surface area (Å²) in [7, 11) is 0. The molecule has 2 aromatic rings. The van der Waals surface area contributed by atoms with Crippen LogP contribution in [0.15, 0.2) is 30.9 Å². The van der Waals surface area contributed by atoms with Gasteiger partial charge in [-0.05, 0) is 12.1 Å². The van der Waals surface area contributed by atoms with Crippen molar-refractivity contribution < 1.29 is 14.6 Å². The molecule has 1 aliphatic heterocycles. The van der Waals surface area contributed by atoms with Crippen LogP contribution < -0.4 is 0 Å². The average Bonchev–Trinajstić information content (AvgIpc) is 3.09. The largest absolute Gasteiger partial charge is 0.394 e. The van der Waals surface area contributed by atoms with Crippen molar-refractivity contribution in [3.8, 4) is 0 Å². The van der Waals surface area contributed by atoms with E-state index in [1.807, 2.05) is 0 Å². The van der Waals surface area contributed by atoms with Gasteiger partial charge in [0.25, 0.3) is 0 Å². The molecule has 1 aromatic carbocycles. The highest BCUT2D eigenvalue weighted by atomic mass is 35.5. The molecule has 8 heteroatoms. The molecule has 0 spiro atoms. The summed E-state index contributed by atoms with van der Waals surface area (Å²) in [5.74, 6) is -1.12. The van der Waals surface area contributed by atoms with E-state index >= 15 is 0 Å². The van der Waals surface area contributed by atoms with Crippen molar-refractivity contribution in [2.75, 3.05) is 13.2 Å². The molecule has 0 amide bonds. The predicted octanol–water partition coefficient (Wildman–Crippen LogP) is 1.85. The van der Waals surface area contributed by atoms with Gasteiger partial charge in [0.15, 0.2) is 0 Å². The maximum absolute atomic E-state index is 9.29. The maximum Gasteiger partial charge on any atom is 0.217 e. The topological polar surface area (TPSA) is 69.4 Å². The van der Waals surface area contributed by atoms with Crippen molar-refractivity contribution in [3.63, 3.8) is 0 Å². The minimum Gasteiger partial charge on any atom is -0.394 e. The van der Waals surface area contributed by atoms with E-state index in [1.54, 1.807) is 29.2 Å². The van der Waals surface area contributed by atoms with Crippen molar-refractivity contribution in [2.45, 2.75) is 18.4 Å². The molecule has 1 aromatic heterocycles. The van der Waals surface area contributed by atoms with Crippen LogP contribution in [0.5, 0.6) is 0 Å². The minimum absolute atomic E-state index is 0.135. The van der Waals surface area contributed by atoms with E-state index < -0.39 is 11.9 Å². The fraction of sp³-hybridized carbons (Fsp3) is 0.385. The number of halogens is 2. The number of aliphatic hydroxyl groups excluding tert-OH is 1. The van der Waals surface area contributed by atoms with Gasteiger partial charge in [0.1, 0.15) is 25.3 Å². The molecule has 1 unspecified atom stereocenters. The number of ether oxygens (including phenoxy) is 2. The Balaban J connectivity index is 1.99. The van der Waals surface area contributed by atoms with Gasteiger partial charge in [-0.1, -0.05) is 29.3 Å². The highest BCUT2D eigenvalue weighted by Gasteiger charge is 2.45. The van der Waals surface area contributed by atoms with Crippen molar-refractivity contribution >= 4 is 23.2 Å². The average molecular weight is 330 g/mol. The summed E-state index contributed by atoms with van der Waals surface area (Å²) < 4.78 is 13.3. The third kappa shape index (κ3) is 2.90. The van der Waals surface area contributed by atoms with Crippen molar-refractivity contribution in [1.82, 2.24) is 14.8 Å². The number of aliphatic hydroxyl groups is 1. The zero-order valence-electron chi connectivity index (χ0n) is 10.9. The van der Waals surface area contributed by atoms with E-state index in [2.05, 4.69) is 10.1 Å². The molecule has 2 atom stereocenters. The highest BCUT2D eigenvalue weighted by molar-refractivity contribution is 6.35. The molecule has 0 saturated carbocycles. The molecular formula is C13H13Cl2N3O3. The Kier molecular flexibility index (Phi) is 4.14. The van der Waals surface area contributed by atoms with Gasteiger partial charge in [-0.15, -0.1) is 0 Å². The maximum atomic E-state index is 9.29. The zero-order chi connectivity index (χ0) is 14.9. The van der Waals surface area contributed by atoms with Crippen LogP contribution in [0.4, 0.5) is 0 Å². The third-order valence-electron chi connectivity index (χ3n) is 3.24. The molecule has 1 aliphatic rings. The van der Waals surface area contributed by atoms with Crippen LogP contribution in [0.1, 0.15) is 5.56 Å². The van der Waals surface area contributed by atoms with Gasteiger partial charge < -0.3 is 14.6 Å². The second-order valence-corrected chi connectivity index (χ2v) is 5.55. The minimum atomic E-state index is -1.12. The van der Waals surface area contributed by atoms with E-state index in [4.69, 9.17) is 32.7 Å². The Hall–Kier alpha value is -1.18. The van der Waals surface area contributed by atoms with E-state index in [-0.39, 0.29) is 19.8 Å². The Morgan fingerprint density at radius 1 is 1.43 bits per heavy atom. The van der Waals surface area contributed by atoms with Crippen LogP contribution >= 0.6 is 23.2 Å². The van der Waals surface area contributed by atoms with Gasteiger partial charge in [-0.2, -0.15) is 5.10 Å². The molecule has 0 aliphatic carbocycles. The molecule has 0 bridgehead atoms. The lowest BCUT2D eigenvalue weighted by Crippen LogP contribution is -2.34. The third-order valence-corrected chi connectivity index (χ3v) is 3.79. The molecule has 2 heterocycles. The Morgan fingerprint density at radius 3 is 2.90 bits per heavy atom. The fourth-order valence-electron chi connectivity index (χ4n) is 2.29. The lowest BCUT2D eigenvalue weighted by Gasteiger charge is -2.29. The molecule has 1 fully saturated rings. The second-order valence-electron chi connectivity index (χ2n) is 4.70. The number of hydrogen-bond acceptors (Lipinski definition) is 5. The van der Waals surface area contributed by atoms with E-state index in [9.17, 15) is 5.11 Å². The number of aromatic nitrogens is 3. The van der Waals surface area contributed by atoms with Crippen LogP contribution in [0, 0.1) is 0 Å². The standard InChI is InChI=1S/C13H13Cl2N3O3/c14-9-1-2-11(12(15)3-9)13(6-18-8-16-7-17-18)20-5-10(4-19)21-13/h1-3,7-8,10,19H,4-6H2/t10-,13?/m0/s1. The molecule has 1 N–H and O–H groups in total. The number of hydrogen-bond donors (Lipinski definition) is 1. The van der Waals surface area contributed by atoms with E-state index in [0.29, 0.717) is 15.6 Å². The molecule has 6 nitrogen and oxygen atoms in total. The Bertz CT molecular complexity index is 623. The zero-order valence-corrected chi connectivity index (χ0v) is 12.5. The van der Waals surface area contributed by atoms with Crippen LogP contribution in [0.3, 0.4) is 0 Å². The first kappa shape index (κ1) is 14.7. The van der Waals surface area contributed by atoms with Gasteiger partial charge in [0.05, 0.1) is 18.2 Å². The summed E-state index contributed by atoms with van der Waals surface area (Å²) in [5, 5.41) is 14.3. The second kappa shape index (κ2) is 5.90. The summed E-state index contributed by atoms with van der Waals surface area (Å²) in [4.78, 5) is 3.90. The number of benzene rings is 1. The molecule has 1 saturated heterocycles. The lowest BCUT2D eigenvalue weighted by molar-refractivity contribution is -0.191. The molecule has 112 valence electrons. The quantitative estimate of drug-likeness (QED) is 0.926. The first-order valence-corrected chi connectivity index (χ1v) is 7.09. The van der Waals surface area contributed by atoms with Gasteiger partial charge in [-0.3, -0.25) is 0 Å². The van der Waals surface area contributed by atoms with Crippen LogP contribution in [0.25, 0.3) is 0 Å².